The second kappa shape index (κ2) is 5.80. The van der Waals surface area contributed by atoms with Crippen LogP contribution in [0.5, 0.6) is 0 Å². The number of nitrogens with one attached hydrogen (secondary N) is 1. The Labute approximate surface area is 121 Å². The number of rotatable bonds is 5. The van der Waals surface area contributed by atoms with Gasteiger partial charge in [0.25, 0.3) is 0 Å². The number of hydrogen-bond acceptors (Lipinski definition) is 6. The summed E-state index contributed by atoms with van der Waals surface area (Å²) in [6.45, 7) is 0. The SMILES string of the molecule is CNC(Cc1nnn(C)n1)c1cnn(-c2ccccc2)n1. The highest BCUT2D eigenvalue weighted by Gasteiger charge is 2.17. The number of benzene rings is 1. The molecular weight excluding hydrogens is 268 g/mol. The van der Waals surface area contributed by atoms with Crippen LogP contribution in [0.2, 0.25) is 0 Å². The zero-order valence-electron chi connectivity index (χ0n) is 11.9. The molecule has 0 radical (unpaired) electrons. The van der Waals surface area contributed by atoms with Crippen molar-refractivity contribution in [2.24, 2.45) is 7.05 Å². The molecule has 21 heavy (non-hydrogen) atoms. The molecule has 3 aromatic rings. The molecule has 3 rings (SSSR count). The van der Waals surface area contributed by atoms with Gasteiger partial charge in [0.2, 0.25) is 0 Å². The van der Waals surface area contributed by atoms with Gasteiger partial charge in [-0.25, -0.2) is 0 Å². The van der Waals surface area contributed by atoms with Crippen molar-refractivity contribution in [1.29, 1.82) is 0 Å². The standard InChI is InChI=1S/C13H16N8/c1-14-11(8-13-16-19-20(2)18-13)12-9-15-21(17-12)10-6-4-3-5-7-10/h3-7,9,11,14H,8H2,1-2H3. The van der Waals surface area contributed by atoms with Gasteiger partial charge in [-0.2, -0.15) is 19.8 Å². The Balaban J connectivity index is 1.80. The Morgan fingerprint density at radius 1 is 1.19 bits per heavy atom. The number of aromatic nitrogens is 7. The van der Waals surface area contributed by atoms with Gasteiger partial charge >= 0.3 is 0 Å². The smallest absolute Gasteiger partial charge is 0.176 e. The van der Waals surface area contributed by atoms with Crippen LogP contribution in [-0.4, -0.2) is 42.2 Å². The quantitative estimate of drug-likeness (QED) is 0.725. The number of aryl methyl sites for hydroxylation is 1. The van der Waals surface area contributed by atoms with E-state index in [-0.39, 0.29) is 6.04 Å². The van der Waals surface area contributed by atoms with Gasteiger partial charge in [-0.1, -0.05) is 18.2 Å². The van der Waals surface area contributed by atoms with E-state index in [9.17, 15) is 0 Å². The Morgan fingerprint density at radius 3 is 2.67 bits per heavy atom. The van der Waals surface area contributed by atoms with Crippen molar-refractivity contribution < 1.29 is 0 Å². The maximum Gasteiger partial charge on any atom is 0.176 e. The third kappa shape index (κ3) is 2.95. The lowest BCUT2D eigenvalue weighted by molar-refractivity contribution is 0.550. The topological polar surface area (TPSA) is 86.3 Å². The molecule has 8 nitrogen and oxygen atoms in total. The van der Waals surface area contributed by atoms with Crippen molar-refractivity contribution in [2.45, 2.75) is 12.5 Å². The fourth-order valence-electron chi connectivity index (χ4n) is 2.06. The average Bonchev–Trinajstić information content (AvgIpc) is 3.15. The first-order chi connectivity index (χ1) is 10.3. The van der Waals surface area contributed by atoms with Crippen molar-refractivity contribution in [3.05, 3.63) is 48.0 Å². The van der Waals surface area contributed by atoms with Gasteiger partial charge in [-0.05, 0) is 24.4 Å². The maximum atomic E-state index is 4.51. The summed E-state index contributed by atoms with van der Waals surface area (Å²) in [4.78, 5) is 3.06. The Morgan fingerprint density at radius 2 is 2.00 bits per heavy atom. The van der Waals surface area contributed by atoms with Crippen molar-refractivity contribution in [2.75, 3.05) is 7.05 Å². The number of tetrazole rings is 1. The highest BCUT2D eigenvalue weighted by molar-refractivity contribution is 5.28. The molecule has 0 saturated carbocycles. The first-order valence-corrected chi connectivity index (χ1v) is 6.64. The highest BCUT2D eigenvalue weighted by atomic mass is 15.6. The van der Waals surface area contributed by atoms with Crippen LogP contribution in [0.15, 0.2) is 36.5 Å². The molecule has 8 heteroatoms. The van der Waals surface area contributed by atoms with Crippen molar-refractivity contribution in [3.8, 4) is 5.69 Å². The molecule has 0 fully saturated rings. The zero-order valence-corrected chi connectivity index (χ0v) is 11.9. The van der Waals surface area contributed by atoms with Gasteiger partial charge in [0.05, 0.1) is 25.0 Å². The van der Waals surface area contributed by atoms with Gasteiger partial charge in [-0.3, -0.25) is 0 Å². The summed E-state index contributed by atoms with van der Waals surface area (Å²) >= 11 is 0. The number of hydrogen-bond donors (Lipinski definition) is 1. The molecule has 1 unspecified atom stereocenters. The lowest BCUT2D eigenvalue weighted by Crippen LogP contribution is -2.20. The van der Waals surface area contributed by atoms with Crippen LogP contribution < -0.4 is 5.32 Å². The summed E-state index contributed by atoms with van der Waals surface area (Å²) in [5, 5.41) is 24.1. The van der Waals surface area contributed by atoms with Crippen molar-refractivity contribution in [1.82, 2.24) is 40.5 Å². The normalized spacial score (nSPS) is 12.5. The molecule has 1 N–H and O–H groups in total. The van der Waals surface area contributed by atoms with Crippen LogP contribution in [0.1, 0.15) is 17.6 Å². The van der Waals surface area contributed by atoms with Crippen LogP contribution in [0.3, 0.4) is 0 Å². The van der Waals surface area contributed by atoms with Gasteiger partial charge in [0.1, 0.15) is 5.69 Å². The third-order valence-electron chi connectivity index (χ3n) is 3.14. The molecule has 1 atom stereocenters. The fourth-order valence-corrected chi connectivity index (χ4v) is 2.06. The summed E-state index contributed by atoms with van der Waals surface area (Å²) in [5.41, 5.74) is 1.77. The third-order valence-corrected chi connectivity index (χ3v) is 3.14. The Bertz CT molecular complexity index is 702. The average molecular weight is 284 g/mol. The largest absolute Gasteiger partial charge is 0.311 e. The molecular formula is C13H16N8. The molecule has 0 saturated heterocycles. The molecule has 0 aliphatic carbocycles. The second-order valence-corrected chi connectivity index (χ2v) is 4.63. The van der Waals surface area contributed by atoms with E-state index in [0.717, 1.165) is 11.4 Å². The lowest BCUT2D eigenvalue weighted by Gasteiger charge is -2.10. The highest BCUT2D eigenvalue weighted by Crippen LogP contribution is 2.14. The van der Waals surface area contributed by atoms with Gasteiger partial charge < -0.3 is 5.32 Å². The van der Waals surface area contributed by atoms with E-state index < -0.39 is 0 Å². The van der Waals surface area contributed by atoms with Crippen LogP contribution in [0.25, 0.3) is 5.69 Å². The van der Waals surface area contributed by atoms with Gasteiger partial charge in [0.15, 0.2) is 5.82 Å². The Hall–Kier alpha value is -2.61. The monoisotopic (exact) mass is 284 g/mol. The van der Waals surface area contributed by atoms with Crippen LogP contribution in [0.4, 0.5) is 0 Å². The van der Waals surface area contributed by atoms with Crippen LogP contribution in [-0.2, 0) is 13.5 Å². The lowest BCUT2D eigenvalue weighted by atomic mass is 10.1. The zero-order chi connectivity index (χ0) is 14.7. The van der Waals surface area contributed by atoms with Gasteiger partial charge in [0, 0.05) is 6.42 Å². The predicted octanol–water partition coefficient (Wildman–Crippen LogP) is 0.294. The van der Waals surface area contributed by atoms with E-state index >= 15 is 0 Å². The Kier molecular flexibility index (Phi) is 3.69. The van der Waals surface area contributed by atoms with E-state index in [1.165, 1.54) is 4.80 Å². The minimum absolute atomic E-state index is 0.00772. The summed E-state index contributed by atoms with van der Waals surface area (Å²) < 4.78 is 0. The molecule has 0 aliphatic heterocycles. The predicted molar refractivity (Wildman–Crippen MR) is 75.7 cm³/mol. The van der Waals surface area contributed by atoms with E-state index in [2.05, 4.69) is 30.9 Å². The van der Waals surface area contributed by atoms with Crippen LogP contribution >= 0.6 is 0 Å². The molecule has 0 aliphatic rings. The first kappa shape index (κ1) is 13.4. The minimum Gasteiger partial charge on any atom is -0.311 e. The molecule has 1 aromatic carbocycles. The van der Waals surface area contributed by atoms with Crippen molar-refractivity contribution >= 4 is 0 Å². The number of para-hydroxylation sites is 1. The second-order valence-electron chi connectivity index (χ2n) is 4.63. The fraction of sp³-hybridized carbons (Fsp3) is 0.308. The maximum absolute atomic E-state index is 4.51. The van der Waals surface area contributed by atoms with E-state index in [4.69, 9.17) is 0 Å². The summed E-state index contributed by atoms with van der Waals surface area (Å²) in [7, 11) is 3.62. The molecule has 2 aromatic heterocycles. The van der Waals surface area contributed by atoms with E-state index in [1.807, 2.05) is 37.4 Å². The molecule has 0 bridgehead atoms. The van der Waals surface area contributed by atoms with Crippen LogP contribution in [0, 0.1) is 0 Å². The summed E-state index contributed by atoms with van der Waals surface area (Å²) in [6, 6.07) is 9.79. The molecule has 108 valence electrons. The first-order valence-electron chi connectivity index (χ1n) is 6.64. The molecule has 0 spiro atoms. The van der Waals surface area contributed by atoms with Gasteiger partial charge in [-0.15, -0.1) is 10.2 Å². The molecule has 2 heterocycles. The summed E-state index contributed by atoms with van der Waals surface area (Å²) in [6.07, 6.45) is 2.36. The number of nitrogens with zero attached hydrogens (tertiary/aromatic N) is 7. The number of likely N-dealkylation sites (N-methyl/N-ethyl adjacent to an activating group) is 1. The van der Waals surface area contributed by atoms with E-state index in [1.54, 1.807) is 18.0 Å². The summed E-state index contributed by atoms with van der Waals surface area (Å²) in [5.74, 6) is 0.672. The molecule has 0 amide bonds. The minimum atomic E-state index is -0.00772. The van der Waals surface area contributed by atoms with Crippen molar-refractivity contribution in [3.63, 3.8) is 0 Å². The van der Waals surface area contributed by atoms with E-state index in [0.29, 0.717) is 12.2 Å².